The lowest BCUT2D eigenvalue weighted by atomic mass is 9.98. The van der Waals surface area contributed by atoms with Crippen molar-refractivity contribution in [2.45, 2.75) is 40.2 Å². The molecule has 1 aromatic carbocycles. The summed E-state index contributed by atoms with van der Waals surface area (Å²) in [6.07, 6.45) is 2.30. The van der Waals surface area contributed by atoms with Crippen LogP contribution >= 0.6 is 11.3 Å². The smallest absolute Gasteiger partial charge is 0.268 e. The number of thiophene rings is 1. The number of aromatic amines is 1. The lowest BCUT2D eigenvalue weighted by Gasteiger charge is -2.15. The molecule has 0 bridgehead atoms. The van der Waals surface area contributed by atoms with Crippen LogP contribution in [0.2, 0.25) is 0 Å². The summed E-state index contributed by atoms with van der Waals surface area (Å²) in [7, 11) is 1.84. The molecule has 1 atom stereocenters. The third-order valence-corrected chi connectivity index (χ3v) is 7.31. The maximum atomic E-state index is 12.7. The molecule has 0 spiro atoms. The van der Waals surface area contributed by atoms with Crippen molar-refractivity contribution in [2.24, 2.45) is 5.92 Å². The van der Waals surface area contributed by atoms with Crippen molar-refractivity contribution in [3.63, 3.8) is 0 Å². The van der Waals surface area contributed by atoms with Gasteiger partial charge in [-0.05, 0) is 63.3 Å². The average Bonchev–Trinajstić information content (AvgIpc) is 3.36. The Bertz CT molecular complexity index is 1140. The zero-order chi connectivity index (χ0) is 22.0. The second-order valence-corrected chi connectivity index (χ2v) is 9.59. The molecule has 0 radical (unpaired) electrons. The Morgan fingerprint density at radius 2 is 2.06 bits per heavy atom. The first-order valence-corrected chi connectivity index (χ1v) is 11.7. The zero-order valence-corrected chi connectivity index (χ0v) is 19.5. The molecule has 7 heteroatoms. The van der Waals surface area contributed by atoms with Gasteiger partial charge in [-0.15, -0.1) is 11.3 Å². The van der Waals surface area contributed by atoms with Crippen LogP contribution in [0, 0.1) is 12.8 Å². The predicted molar refractivity (Wildman–Crippen MR) is 129 cm³/mol. The van der Waals surface area contributed by atoms with E-state index in [0.29, 0.717) is 17.2 Å². The van der Waals surface area contributed by atoms with Gasteiger partial charge >= 0.3 is 0 Å². The standard InChI is InChI=1S/C24H31N5OS/c1-15-5-7-18(8-6-15)11-19-9-10-29(13-19)14-22-26-20-12-21(16(2)17(3)28-25-4)31-23(20)24(30)27-22/h5-8,12,19,25,28H,9-11,13-14H2,1-4H3,(H,26,27,30)/b17-16+. The molecule has 164 valence electrons. The molecule has 0 saturated carbocycles. The van der Waals surface area contributed by atoms with Crippen LogP contribution in [0.1, 0.15) is 42.1 Å². The minimum atomic E-state index is -0.0429. The third-order valence-electron chi connectivity index (χ3n) is 6.06. The molecule has 1 aliphatic heterocycles. The fraction of sp³-hybridized carbons (Fsp3) is 0.417. The molecule has 31 heavy (non-hydrogen) atoms. The summed E-state index contributed by atoms with van der Waals surface area (Å²) in [4.78, 5) is 23.9. The monoisotopic (exact) mass is 437 g/mol. The number of likely N-dealkylation sites (tertiary alicyclic amines) is 1. The molecule has 4 rings (SSSR count). The highest BCUT2D eigenvalue weighted by Crippen LogP contribution is 2.29. The van der Waals surface area contributed by atoms with Crippen LogP contribution in [-0.2, 0) is 13.0 Å². The summed E-state index contributed by atoms with van der Waals surface area (Å²) < 4.78 is 0.689. The first-order valence-electron chi connectivity index (χ1n) is 10.8. The van der Waals surface area contributed by atoms with Crippen LogP contribution in [0.4, 0.5) is 0 Å². The van der Waals surface area contributed by atoms with E-state index >= 15 is 0 Å². The molecule has 0 amide bonds. The number of allylic oxidation sites excluding steroid dienone is 2. The van der Waals surface area contributed by atoms with E-state index in [0.717, 1.165) is 47.0 Å². The van der Waals surface area contributed by atoms with Crippen molar-refractivity contribution >= 4 is 27.1 Å². The van der Waals surface area contributed by atoms with Crippen molar-refractivity contribution in [2.75, 3.05) is 20.1 Å². The lowest BCUT2D eigenvalue weighted by Crippen LogP contribution is -2.25. The molecule has 3 aromatic rings. The van der Waals surface area contributed by atoms with Crippen molar-refractivity contribution in [1.82, 2.24) is 25.7 Å². The topological polar surface area (TPSA) is 73.1 Å². The van der Waals surface area contributed by atoms with Crippen molar-refractivity contribution in [1.29, 1.82) is 0 Å². The number of fused-ring (bicyclic) bond motifs is 1. The molecule has 1 fully saturated rings. The highest BCUT2D eigenvalue weighted by atomic mass is 32.1. The molecule has 1 saturated heterocycles. The molecule has 1 aliphatic rings. The highest BCUT2D eigenvalue weighted by molar-refractivity contribution is 7.19. The number of nitrogens with zero attached hydrogens (tertiary/aromatic N) is 2. The Hall–Kier alpha value is -2.48. The molecule has 2 aromatic heterocycles. The first kappa shape index (κ1) is 21.7. The fourth-order valence-corrected chi connectivity index (χ4v) is 5.26. The number of aryl methyl sites for hydroxylation is 1. The van der Waals surface area contributed by atoms with E-state index in [2.05, 4.69) is 58.8 Å². The second-order valence-electron chi connectivity index (χ2n) is 8.54. The first-order chi connectivity index (χ1) is 14.9. The van der Waals surface area contributed by atoms with E-state index in [4.69, 9.17) is 4.98 Å². The van der Waals surface area contributed by atoms with Gasteiger partial charge in [0.1, 0.15) is 10.5 Å². The normalized spacial score (nSPS) is 17.9. The van der Waals surface area contributed by atoms with E-state index in [1.165, 1.54) is 28.9 Å². The Labute approximate surface area is 187 Å². The lowest BCUT2D eigenvalue weighted by molar-refractivity contribution is 0.308. The van der Waals surface area contributed by atoms with Crippen LogP contribution in [-0.4, -0.2) is 35.0 Å². The summed E-state index contributed by atoms with van der Waals surface area (Å²) in [6.45, 7) is 8.97. The Balaban J connectivity index is 1.46. The number of benzene rings is 1. The fourth-order valence-electron chi connectivity index (χ4n) is 4.21. The van der Waals surface area contributed by atoms with Gasteiger partial charge < -0.3 is 10.4 Å². The van der Waals surface area contributed by atoms with E-state index in [1.54, 1.807) is 0 Å². The van der Waals surface area contributed by atoms with Crippen LogP contribution in [0.25, 0.3) is 15.8 Å². The van der Waals surface area contributed by atoms with Crippen LogP contribution < -0.4 is 16.4 Å². The van der Waals surface area contributed by atoms with Crippen molar-refractivity contribution in [3.8, 4) is 0 Å². The minimum Gasteiger partial charge on any atom is -0.326 e. The Kier molecular flexibility index (Phi) is 6.55. The van der Waals surface area contributed by atoms with Crippen molar-refractivity contribution in [3.05, 3.63) is 68.2 Å². The number of rotatable bonds is 7. The number of nitrogens with one attached hydrogen (secondary N) is 3. The summed E-state index contributed by atoms with van der Waals surface area (Å²) in [5.74, 6) is 1.41. The quantitative estimate of drug-likeness (QED) is 0.490. The minimum absolute atomic E-state index is 0.0429. The SMILES string of the molecule is CNN/C(C)=C(\C)c1cc2nc(CN3CCC(Cc4ccc(C)cc4)C3)[nH]c(=O)c2s1. The number of hydrazine groups is 1. The van der Waals surface area contributed by atoms with E-state index in [9.17, 15) is 4.79 Å². The van der Waals surface area contributed by atoms with Gasteiger partial charge in [-0.1, -0.05) is 29.8 Å². The summed E-state index contributed by atoms with van der Waals surface area (Å²) in [5.41, 5.74) is 11.6. The van der Waals surface area contributed by atoms with Gasteiger partial charge in [-0.25, -0.2) is 10.4 Å². The van der Waals surface area contributed by atoms with Crippen LogP contribution in [0.15, 0.2) is 40.8 Å². The summed E-state index contributed by atoms with van der Waals surface area (Å²) >= 11 is 1.49. The molecular weight excluding hydrogens is 406 g/mol. The molecule has 6 nitrogen and oxygen atoms in total. The van der Waals surface area contributed by atoms with E-state index < -0.39 is 0 Å². The molecule has 3 heterocycles. The predicted octanol–water partition coefficient (Wildman–Crippen LogP) is 3.83. The molecule has 1 unspecified atom stereocenters. The zero-order valence-electron chi connectivity index (χ0n) is 18.7. The number of aromatic nitrogens is 2. The molecule has 3 N–H and O–H groups in total. The average molecular weight is 438 g/mol. The largest absolute Gasteiger partial charge is 0.326 e. The second kappa shape index (κ2) is 9.34. The van der Waals surface area contributed by atoms with Crippen LogP contribution in [0.3, 0.4) is 0 Å². The van der Waals surface area contributed by atoms with Gasteiger partial charge in [0.05, 0.1) is 12.1 Å². The van der Waals surface area contributed by atoms with E-state index in [-0.39, 0.29) is 5.56 Å². The van der Waals surface area contributed by atoms with E-state index in [1.807, 2.05) is 20.0 Å². The third kappa shape index (κ3) is 5.06. The maximum absolute atomic E-state index is 12.7. The summed E-state index contributed by atoms with van der Waals surface area (Å²) in [5, 5.41) is 0. The van der Waals surface area contributed by atoms with Gasteiger partial charge in [0.2, 0.25) is 0 Å². The van der Waals surface area contributed by atoms with Crippen molar-refractivity contribution < 1.29 is 0 Å². The highest BCUT2D eigenvalue weighted by Gasteiger charge is 2.23. The molecule has 0 aliphatic carbocycles. The van der Waals surface area contributed by atoms with Gasteiger partial charge in [0, 0.05) is 24.2 Å². The van der Waals surface area contributed by atoms with Crippen LogP contribution in [0.5, 0.6) is 0 Å². The van der Waals surface area contributed by atoms with Gasteiger partial charge in [-0.2, -0.15) is 0 Å². The number of hydrogen-bond acceptors (Lipinski definition) is 6. The number of hydrogen-bond donors (Lipinski definition) is 3. The van der Waals surface area contributed by atoms with Gasteiger partial charge in [-0.3, -0.25) is 9.69 Å². The maximum Gasteiger partial charge on any atom is 0.268 e. The Morgan fingerprint density at radius 3 is 2.81 bits per heavy atom. The molecular formula is C24H31N5OS. The number of H-pyrrole nitrogens is 1. The van der Waals surface area contributed by atoms with Gasteiger partial charge in [0.15, 0.2) is 0 Å². The Morgan fingerprint density at radius 1 is 1.29 bits per heavy atom. The van der Waals surface area contributed by atoms with Gasteiger partial charge in [0.25, 0.3) is 5.56 Å². The summed E-state index contributed by atoms with van der Waals surface area (Å²) in [6, 6.07) is 10.9.